The van der Waals surface area contributed by atoms with Gasteiger partial charge in [-0.2, -0.15) is 0 Å². The van der Waals surface area contributed by atoms with E-state index >= 15 is 0 Å². The second-order valence-electron chi connectivity index (χ2n) is 5.26. The zero-order valence-electron chi connectivity index (χ0n) is 12.5. The normalized spacial score (nSPS) is 19.0. The molecule has 2 atom stereocenters. The summed E-state index contributed by atoms with van der Waals surface area (Å²) < 4.78 is 17.0. The molecule has 0 spiro atoms. The average Bonchev–Trinajstić information content (AvgIpc) is 2.71. The van der Waals surface area contributed by atoms with Crippen LogP contribution in [0.25, 0.3) is 0 Å². The number of ether oxygens (including phenoxy) is 3. The van der Waals surface area contributed by atoms with Crippen LogP contribution in [0.3, 0.4) is 0 Å². The molecule has 1 heterocycles. The fourth-order valence-electron chi connectivity index (χ4n) is 2.41. The van der Waals surface area contributed by atoms with Gasteiger partial charge < -0.3 is 19.3 Å². The topological polar surface area (TPSA) is 47.9 Å². The average molecular weight is 280 g/mol. The Morgan fingerprint density at radius 3 is 2.60 bits per heavy atom. The third-order valence-corrected chi connectivity index (χ3v) is 3.84. The second kappa shape index (κ2) is 6.46. The first-order chi connectivity index (χ1) is 9.60. The van der Waals surface area contributed by atoms with Crippen LogP contribution in [0.15, 0.2) is 18.2 Å². The van der Waals surface area contributed by atoms with Crippen molar-refractivity contribution in [3.05, 3.63) is 23.8 Å². The maximum absolute atomic E-state index is 10.6. The van der Waals surface area contributed by atoms with E-state index in [0.29, 0.717) is 25.6 Å². The van der Waals surface area contributed by atoms with Gasteiger partial charge in [0.25, 0.3) is 0 Å². The van der Waals surface area contributed by atoms with Gasteiger partial charge in [-0.3, -0.25) is 0 Å². The molecule has 1 aliphatic heterocycles. The van der Waals surface area contributed by atoms with Gasteiger partial charge in [0, 0.05) is 13.0 Å². The summed E-state index contributed by atoms with van der Waals surface area (Å²) in [5, 5.41) is 10.6. The third kappa shape index (κ3) is 3.07. The summed E-state index contributed by atoms with van der Waals surface area (Å²) in [7, 11) is 0. The van der Waals surface area contributed by atoms with E-state index in [0.717, 1.165) is 24.2 Å². The van der Waals surface area contributed by atoms with Crippen molar-refractivity contribution in [3.8, 4) is 11.5 Å². The third-order valence-electron chi connectivity index (χ3n) is 3.84. The Kier molecular flexibility index (Phi) is 4.89. The summed E-state index contributed by atoms with van der Waals surface area (Å²) in [4.78, 5) is 0. The van der Waals surface area contributed by atoms with Gasteiger partial charge >= 0.3 is 0 Å². The van der Waals surface area contributed by atoms with Crippen LogP contribution < -0.4 is 9.47 Å². The number of fused-ring (bicyclic) bond motifs is 1. The van der Waals surface area contributed by atoms with Crippen LogP contribution in [0.2, 0.25) is 0 Å². The first-order valence-electron chi connectivity index (χ1n) is 7.32. The molecule has 0 bridgehead atoms. The Labute approximate surface area is 120 Å². The summed E-state index contributed by atoms with van der Waals surface area (Å²) >= 11 is 0. The number of hydrogen-bond donors (Lipinski definition) is 1. The highest BCUT2D eigenvalue weighted by atomic mass is 16.5. The number of benzene rings is 1. The molecule has 0 aliphatic carbocycles. The van der Waals surface area contributed by atoms with Crippen molar-refractivity contribution < 1.29 is 19.3 Å². The standard InChI is InChI=1S/C16H24O4/c1-4-16(3,20-5-2)15(17)12-7-8-13-14(11-12)19-10-6-9-18-13/h7-8,11,15,17H,4-6,9-10H2,1-3H3. The zero-order chi connectivity index (χ0) is 14.6. The van der Waals surface area contributed by atoms with Crippen molar-refractivity contribution in [1.82, 2.24) is 0 Å². The van der Waals surface area contributed by atoms with Crippen molar-refractivity contribution in [3.63, 3.8) is 0 Å². The molecule has 0 amide bonds. The molecule has 0 fully saturated rings. The Morgan fingerprint density at radius 2 is 1.95 bits per heavy atom. The predicted molar refractivity (Wildman–Crippen MR) is 77.3 cm³/mol. The molecule has 2 unspecified atom stereocenters. The highest BCUT2D eigenvalue weighted by molar-refractivity contribution is 5.44. The molecule has 0 saturated heterocycles. The van der Waals surface area contributed by atoms with Gasteiger partial charge in [0.2, 0.25) is 0 Å². The molecular formula is C16H24O4. The van der Waals surface area contributed by atoms with E-state index < -0.39 is 11.7 Å². The van der Waals surface area contributed by atoms with E-state index in [4.69, 9.17) is 14.2 Å². The second-order valence-corrected chi connectivity index (χ2v) is 5.26. The molecule has 112 valence electrons. The predicted octanol–water partition coefficient (Wildman–Crippen LogP) is 3.09. The molecule has 1 aromatic rings. The highest BCUT2D eigenvalue weighted by Gasteiger charge is 2.33. The van der Waals surface area contributed by atoms with Crippen molar-refractivity contribution in [1.29, 1.82) is 0 Å². The van der Waals surface area contributed by atoms with Crippen molar-refractivity contribution in [2.45, 2.75) is 45.3 Å². The Hall–Kier alpha value is -1.26. The van der Waals surface area contributed by atoms with Crippen LogP contribution >= 0.6 is 0 Å². The Morgan fingerprint density at radius 1 is 1.25 bits per heavy atom. The summed E-state index contributed by atoms with van der Waals surface area (Å²) in [5.74, 6) is 1.45. The van der Waals surface area contributed by atoms with Gasteiger partial charge in [-0.25, -0.2) is 0 Å². The molecule has 4 heteroatoms. The number of aliphatic hydroxyl groups is 1. The summed E-state index contributed by atoms with van der Waals surface area (Å²) in [5.41, 5.74) is 0.209. The number of hydrogen-bond acceptors (Lipinski definition) is 4. The van der Waals surface area contributed by atoms with E-state index in [1.807, 2.05) is 39.0 Å². The van der Waals surface area contributed by atoms with Gasteiger partial charge in [0.15, 0.2) is 11.5 Å². The Balaban J connectivity index is 2.26. The molecule has 1 aromatic carbocycles. The summed E-state index contributed by atoms with van der Waals surface area (Å²) in [6.07, 6.45) is 0.916. The van der Waals surface area contributed by atoms with E-state index in [2.05, 4.69) is 0 Å². The quantitative estimate of drug-likeness (QED) is 0.900. The van der Waals surface area contributed by atoms with Crippen LogP contribution in [-0.2, 0) is 4.74 Å². The van der Waals surface area contributed by atoms with Crippen LogP contribution in [0.4, 0.5) is 0 Å². The van der Waals surface area contributed by atoms with E-state index in [1.54, 1.807) is 0 Å². The molecule has 20 heavy (non-hydrogen) atoms. The van der Waals surface area contributed by atoms with E-state index in [1.165, 1.54) is 0 Å². The largest absolute Gasteiger partial charge is 0.490 e. The molecule has 0 radical (unpaired) electrons. The smallest absolute Gasteiger partial charge is 0.161 e. The number of rotatable bonds is 5. The lowest BCUT2D eigenvalue weighted by Crippen LogP contribution is -2.35. The monoisotopic (exact) mass is 280 g/mol. The van der Waals surface area contributed by atoms with Crippen LogP contribution in [0.1, 0.15) is 45.3 Å². The molecule has 0 aromatic heterocycles. The maximum atomic E-state index is 10.6. The number of aliphatic hydroxyl groups excluding tert-OH is 1. The fraction of sp³-hybridized carbons (Fsp3) is 0.625. The van der Waals surface area contributed by atoms with Gasteiger partial charge in [-0.15, -0.1) is 0 Å². The van der Waals surface area contributed by atoms with Gasteiger partial charge in [0.1, 0.15) is 6.10 Å². The van der Waals surface area contributed by atoms with Crippen molar-refractivity contribution >= 4 is 0 Å². The van der Waals surface area contributed by atoms with Gasteiger partial charge in [-0.05, 0) is 38.0 Å². The molecule has 4 nitrogen and oxygen atoms in total. The minimum absolute atomic E-state index is 0.575. The first-order valence-corrected chi connectivity index (χ1v) is 7.32. The van der Waals surface area contributed by atoms with Crippen molar-refractivity contribution in [2.75, 3.05) is 19.8 Å². The van der Waals surface area contributed by atoms with E-state index in [-0.39, 0.29) is 0 Å². The SMILES string of the molecule is CCOC(C)(CC)C(O)c1ccc2c(c1)OCCCO2. The molecular weight excluding hydrogens is 256 g/mol. The molecule has 2 rings (SSSR count). The Bertz CT molecular complexity index is 446. The van der Waals surface area contributed by atoms with Crippen LogP contribution in [0.5, 0.6) is 11.5 Å². The highest BCUT2D eigenvalue weighted by Crippen LogP contribution is 2.37. The maximum Gasteiger partial charge on any atom is 0.161 e. The van der Waals surface area contributed by atoms with Gasteiger partial charge in [-0.1, -0.05) is 13.0 Å². The summed E-state index contributed by atoms with van der Waals surface area (Å²) in [6, 6.07) is 5.60. The lowest BCUT2D eigenvalue weighted by atomic mass is 9.90. The first kappa shape index (κ1) is 15.1. The van der Waals surface area contributed by atoms with Gasteiger partial charge in [0.05, 0.1) is 18.8 Å². The minimum atomic E-state index is -0.690. The molecule has 1 aliphatic rings. The molecule has 0 saturated carbocycles. The molecule has 1 N–H and O–H groups in total. The minimum Gasteiger partial charge on any atom is -0.490 e. The summed E-state index contributed by atoms with van der Waals surface area (Å²) in [6.45, 7) is 7.77. The zero-order valence-corrected chi connectivity index (χ0v) is 12.5. The van der Waals surface area contributed by atoms with Crippen molar-refractivity contribution in [2.24, 2.45) is 0 Å². The van der Waals surface area contributed by atoms with Crippen LogP contribution in [0, 0.1) is 0 Å². The van der Waals surface area contributed by atoms with E-state index in [9.17, 15) is 5.11 Å². The lowest BCUT2D eigenvalue weighted by Gasteiger charge is -2.33. The van der Waals surface area contributed by atoms with Crippen LogP contribution in [-0.4, -0.2) is 30.5 Å². The fourth-order valence-corrected chi connectivity index (χ4v) is 2.41. The lowest BCUT2D eigenvalue weighted by molar-refractivity contribution is -0.113.